The Kier molecular flexibility index (Phi) is 3.22. The number of nitrogen functional groups attached to an aromatic ring is 1. The van der Waals surface area contributed by atoms with Gasteiger partial charge in [-0.2, -0.15) is 0 Å². The number of hydrogen-bond acceptors (Lipinski definition) is 3. The van der Waals surface area contributed by atoms with E-state index >= 15 is 0 Å². The van der Waals surface area contributed by atoms with Crippen molar-refractivity contribution >= 4 is 5.82 Å². The molecule has 1 aromatic heterocycles. The van der Waals surface area contributed by atoms with Crippen molar-refractivity contribution in [2.24, 2.45) is 0 Å². The largest absolute Gasteiger partial charge is 0.380 e. The van der Waals surface area contributed by atoms with Crippen LogP contribution in [0.5, 0.6) is 0 Å². The molecule has 0 atom stereocenters. The molecule has 0 saturated heterocycles. The molecule has 2 aromatic carbocycles. The number of anilines is 1. The van der Waals surface area contributed by atoms with E-state index in [9.17, 15) is 4.39 Å². The van der Waals surface area contributed by atoms with Gasteiger partial charge >= 0.3 is 0 Å². The first-order valence-corrected chi connectivity index (χ1v) is 6.65. The van der Waals surface area contributed by atoms with E-state index < -0.39 is 0 Å². The SMILES string of the molecule is Cc1ccc(-c2c(N)noc2-c2cc(F)ccc2C)cc1. The summed E-state index contributed by atoms with van der Waals surface area (Å²) in [7, 11) is 0. The molecule has 0 aliphatic heterocycles. The number of halogens is 1. The van der Waals surface area contributed by atoms with Gasteiger partial charge in [0.1, 0.15) is 5.82 Å². The van der Waals surface area contributed by atoms with Crippen LogP contribution in [0, 0.1) is 19.7 Å². The molecule has 0 radical (unpaired) electrons. The van der Waals surface area contributed by atoms with Gasteiger partial charge < -0.3 is 10.3 Å². The molecule has 1 heterocycles. The van der Waals surface area contributed by atoms with Crippen LogP contribution in [0.15, 0.2) is 47.0 Å². The summed E-state index contributed by atoms with van der Waals surface area (Å²) < 4.78 is 18.9. The number of hydrogen-bond donors (Lipinski definition) is 1. The molecule has 0 fully saturated rings. The third kappa shape index (κ3) is 2.40. The van der Waals surface area contributed by atoms with E-state index in [1.807, 2.05) is 38.1 Å². The van der Waals surface area contributed by atoms with Crippen LogP contribution in [0.3, 0.4) is 0 Å². The van der Waals surface area contributed by atoms with Crippen LogP contribution in [-0.2, 0) is 0 Å². The monoisotopic (exact) mass is 282 g/mol. The first-order chi connectivity index (χ1) is 10.1. The molecule has 3 nitrogen and oxygen atoms in total. The predicted molar refractivity (Wildman–Crippen MR) is 81.2 cm³/mol. The van der Waals surface area contributed by atoms with Gasteiger partial charge in [0.15, 0.2) is 11.6 Å². The van der Waals surface area contributed by atoms with Gasteiger partial charge in [-0.3, -0.25) is 0 Å². The van der Waals surface area contributed by atoms with Crippen LogP contribution >= 0.6 is 0 Å². The molecule has 0 aliphatic rings. The molecule has 0 aliphatic carbocycles. The fraction of sp³-hybridized carbons (Fsp3) is 0.118. The number of aryl methyl sites for hydroxylation is 2. The maximum absolute atomic E-state index is 13.5. The Morgan fingerprint density at radius 1 is 1.05 bits per heavy atom. The van der Waals surface area contributed by atoms with Crippen LogP contribution < -0.4 is 5.73 Å². The quantitative estimate of drug-likeness (QED) is 0.760. The van der Waals surface area contributed by atoms with Crippen molar-refractivity contribution in [1.29, 1.82) is 0 Å². The Hall–Kier alpha value is -2.62. The van der Waals surface area contributed by atoms with Crippen molar-refractivity contribution in [1.82, 2.24) is 5.16 Å². The minimum Gasteiger partial charge on any atom is -0.380 e. The lowest BCUT2D eigenvalue weighted by Gasteiger charge is -2.06. The van der Waals surface area contributed by atoms with E-state index in [1.54, 1.807) is 6.07 Å². The maximum atomic E-state index is 13.5. The topological polar surface area (TPSA) is 52.0 Å². The Labute approximate surface area is 122 Å². The highest BCUT2D eigenvalue weighted by Crippen LogP contribution is 2.38. The fourth-order valence-corrected chi connectivity index (χ4v) is 2.32. The molecular weight excluding hydrogens is 267 g/mol. The zero-order valence-electron chi connectivity index (χ0n) is 11.9. The Bertz CT molecular complexity index is 791. The van der Waals surface area contributed by atoms with E-state index in [1.165, 1.54) is 12.1 Å². The lowest BCUT2D eigenvalue weighted by Crippen LogP contribution is -1.90. The maximum Gasteiger partial charge on any atom is 0.177 e. The molecule has 0 saturated carbocycles. The number of aromatic nitrogens is 1. The first-order valence-electron chi connectivity index (χ1n) is 6.65. The Morgan fingerprint density at radius 3 is 2.48 bits per heavy atom. The van der Waals surface area contributed by atoms with Crippen molar-refractivity contribution in [2.75, 3.05) is 5.73 Å². The van der Waals surface area contributed by atoms with Gasteiger partial charge in [-0.1, -0.05) is 41.1 Å². The van der Waals surface area contributed by atoms with Crippen molar-refractivity contribution in [3.63, 3.8) is 0 Å². The molecule has 0 spiro atoms. The van der Waals surface area contributed by atoms with Crippen molar-refractivity contribution in [2.45, 2.75) is 13.8 Å². The van der Waals surface area contributed by atoms with Gasteiger partial charge in [0.25, 0.3) is 0 Å². The highest BCUT2D eigenvalue weighted by molar-refractivity contribution is 5.87. The summed E-state index contributed by atoms with van der Waals surface area (Å²) in [6, 6.07) is 12.5. The predicted octanol–water partition coefficient (Wildman–Crippen LogP) is 4.35. The minimum atomic E-state index is -0.319. The minimum absolute atomic E-state index is 0.303. The number of benzene rings is 2. The molecular formula is C17H15FN2O. The zero-order valence-corrected chi connectivity index (χ0v) is 11.9. The average Bonchev–Trinajstić information content (AvgIpc) is 2.84. The summed E-state index contributed by atoms with van der Waals surface area (Å²) in [6.07, 6.45) is 0. The highest BCUT2D eigenvalue weighted by atomic mass is 19.1. The van der Waals surface area contributed by atoms with Crippen molar-refractivity contribution in [3.05, 3.63) is 59.4 Å². The zero-order chi connectivity index (χ0) is 15.0. The van der Waals surface area contributed by atoms with E-state index in [2.05, 4.69) is 5.16 Å². The van der Waals surface area contributed by atoms with Gasteiger partial charge in [-0.25, -0.2) is 4.39 Å². The van der Waals surface area contributed by atoms with E-state index in [0.29, 0.717) is 22.7 Å². The first kappa shape index (κ1) is 13.4. The molecule has 4 heteroatoms. The molecule has 21 heavy (non-hydrogen) atoms. The molecule has 2 N–H and O–H groups in total. The average molecular weight is 282 g/mol. The number of nitrogens with zero attached hydrogens (tertiary/aromatic N) is 1. The Balaban J connectivity index is 2.21. The summed E-state index contributed by atoms with van der Waals surface area (Å²) in [5.41, 5.74) is 10.3. The van der Waals surface area contributed by atoms with Crippen molar-refractivity contribution < 1.29 is 8.91 Å². The summed E-state index contributed by atoms with van der Waals surface area (Å²) in [6.45, 7) is 3.91. The standard InChI is InChI=1S/C17H15FN2O/c1-10-3-6-12(7-4-10)15-16(21-20-17(15)19)14-9-13(18)8-5-11(14)2/h3-9H,1-2H3,(H2,19,20). The van der Waals surface area contributed by atoms with Gasteiger partial charge in [-0.05, 0) is 37.1 Å². The summed E-state index contributed by atoms with van der Waals surface area (Å²) in [5.74, 6) is 0.478. The normalized spacial score (nSPS) is 10.8. The van der Waals surface area contributed by atoms with Gasteiger partial charge in [0.2, 0.25) is 0 Å². The van der Waals surface area contributed by atoms with Gasteiger partial charge in [-0.15, -0.1) is 0 Å². The molecule has 3 aromatic rings. The smallest absolute Gasteiger partial charge is 0.177 e. The molecule has 0 bridgehead atoms. The van der Waals surface area contributed by atoms with Gasteiger partial charge in [0.05, 0.1) is 5.56 Å². The van der Waals surface area contributed by atoms with Crippen LogP contribution in [0.1, 0.15) is 11.1 Å². The second kappa shape index (κ2) is 5.05. The second-order valence-corrected chi connectivity index (χ2v) is 5.10. The lowest BCUT2D eigenvalue weighted by molar-refractivity contribution is 0.435. The van der Waals surface area contributed by atoms with Crippen LogP contribution in [-0.4, -0.2) is 5.16 Å². The van der Waals surface area contributed by atoms with Crippen molar-refractivity contribution in [3.8, 4) is 22.5 Å². The van der Waals surface area contributed by atoms with Gasteiger partial charge in [0, 0.05) is 5.56 Å². The molecule has 0 unspecified atom stereocenters. The van der Waals surface area contributed by atoms with E-state index in [-0.39, 0.29) is 5.82 Å². The van der Waals surface area contributed by atoms with Crippen LogP contribution in [0.4, 0.5) is 10.2 Å². The third-order valence-corrected chi connectivity index (χ3v) is 3.50. The fourth-order valence-electron chi connectivity index (χ4n) is 2.32. The van der Waals surface area contributed by atoms with E-state index in [0.717, 1.165) is 16.7 Å². The summed E-state index contributed by atoms with van der Waals surface area (Å²) >= 11 is 0. The molecule has 106 valence electrons. The van der Waals surface area contributed by atoms with Crippen LogP contribution in [0.2, 0.25) is 0 Å². The molecule has 0 amide bonds. The summed E-state index contributed by atoms with van der Waals surface area (Å²) in [5, 5.41) is 3.84. The third-order valence-electron chi connectivity index (χ3n) is 3.50. The second-order valence-electron chi connectivity index (χ2n) is 5.10. The number of nitrogens with two attached hydrogens (primary N) is 1. The molecule has 3 rings (SSSR count). The Morgan fingerprint density at radius 2 is 1.76 bits per heavy atom. The highest BCUT2D eigenvalue weighted by Gasteiger charge is 2.19. The van der Waals surface area contributed by atoms with Crippen LogP contribution in [0.25, 0.3) is 22.5 Å². The van der Waals surface area contributed by atoms with E-state index in [4.69, 9.17) is 10.3 Å². The number of rotatable bonds is 2. The lowest BCUT2D eigenvalue weighted by atomic mass is 9.98. The summed E-state index contributed by atoms with van der Waals surface area (Å²) in [4.78, 5) is 0.